The molecule has 1 unspecified atom stereocenters. The molecule has 0 saturated carbocycles. The fourth-order valence-corrected chi connectivity index (χ4v) is 2.18. The predicted molar refractivity (Wildman–Crippen MR) is 76.4 cm³/mol. The Labute approximate surface area is 113 Å². The molecular weight excluding hydrogens is 426 g/mol. The van der Waals surface area contributed by atoms with Crippen LogP contribution in [0, 0.1) is 6.92 Å². The fraction of sp³-hybridized carbons (Fsp3) is 0.333. The molecule has 0 aliphatic rings. The third-order valence-corrected chi connectivity index (χ3v) is 5.46. The number of hydrogen-bond donors (Lipinski definition) is 1. The molecule has 0 aliphatic carbocycles. The highest BCUT2D eigenvalue weighted by atomic mass is 127. The lowest BCUT2D eigenvalue weighted by Crippen LogP contribution is -2.20. The van der Waals surface area contributed by atoms with Gasteiger partial charge in [0.1, 0.15) is 0 Å². The topological polar surface area (TPSA) is 37.3 Å². The van der Waals surface area contributed by atoms with Crippen LogP contribution in [0.2, 0.25) is 0 Å². The predicted octanol–water partition coefficient (Wildman–Crippen LogP) is 3.28. The van der Waals surface area contributed by atoms with Crippen molar-refractivity contribution in [1.29, 1.82) is 0 Å². The van der Waals surface area contributed by atoms with Gasteiger partial charge in [-0.15, -0.1) is 0 Å². The van der Waals surface area contributed by atoms with Crippen molar-refractivity contribution in [2.45, 2.75) is 14.1 Å². The Morgan fingerprint density at radius 2 is 1.86 bits per heavy atom. The Kier molecular flexibility index (Phi) is 4.79. The molecule has 0 radical (unpaired) electrons. The normalized spacial score (nSPS) is 14.0. The first-order chi connectivity index (χ1) is 6.42. The Morgan fingerprint density at radius 3 is 2.29 bits per heavy atom. The van der Waals surface area contributed by atoms with Gasteiger partial charge in [0.25, 0.3) is 0 Å². The zero-order valence-corrected chi connectivity index (χ0v) is 12.7. The van der Waals surface area contributed by atoms with E-state index < -0.39 is 11.8 Å². The van der Waals surface area contributed by atoms with E-state index in [2.05, 4.69) is 0 Å². The summed E-state index contributed by atoms with van der Waals surface area (Å²) in [5, 5.41) is 0. The molecule has 1 aromatic carbocycles. The summed E-state index contributed by atoms with van der Waals surface area (Å²) >= 11 is 2.22. The Morgan fingerprint density at radius 1 is 1.36 bits per heavy atom. The minimum atomic E-state index is -1.81. The zero-order chi connectivity index (χ0) is 10.8. The van der Waals surface area contributed by atoms with E-state index in [0.717, 1.165) is 5.56 Å². The number of benzene rings is 1. The van der Waals surface area contributed by atoms with Crippen molar-refractivity contribution in [1.82, 2.24) is 0 Å². The van der Waals surface area contributed by atoms with E-state index in [1.807, 2.05) is 76.4 Å². The van der Waals surface area contributed by atoms with Gasteiger partial charge in [-0.1, -0.05) is 29.8 Å². The highest BCUT2D eigenvalue weighted by molar-refractivity contribution is 14.2. The van der Waals surface area contributed by atoms with Crippen LogP contribution in [0.25, 0.3) is 0 Å². The third kappa shape index (κ3) is 3.74. The van der Waals surface area contributed by atoms with Crippen LogP contribution in [0.3, 0.4) is 0 Å². The zero-order valence-electron chi connectivity index (χ0n) is 7.54. The summed E-state index contributed by atoms with van der Waals surface area (Å²) in [4.78, 5) is 0. The summed E-state index contributed by atoms with van der Waals surface area (Å²) in [5.74, 6) is 0. The van der Waals surface area contributed by atoms with Gasteiger partial charge in [0, 0.05) is 6.42 Å². The molecular formula is C9H10I2O2S. The summed E-state index contributed by atoms with van der Waals surface area (Å²) in [7, 11) is 0. The third-order valence-electron chi connectivity index (χ3n) is 1.79. The van der Waals surface area contributed by atoms with E-state index in [-0.39, 0.29) is 0 Å². The Balaban J connectivity index is 2.79. The summed E-state index contributed by atoms with van der Waals surface area (Å²) in [5.41, 5.74) is 2.29. The molecule has 0 aromatic heterocycles. The number of rotatable bonds is 3. The van der Waals surface area contributed by atoms with Gasteiger partial charge in [-0.2, -0.15) is 0 Å². The van der Waals surface area contributed by atoms with Crippen molar-refractivity contribution >= 4 is 56.3 Å². The molecule has 14 heavy (non-hydrogen) atoms. The minimum absolute atomic E-state index is 0.595. The lowest BCUT2D eigenvalue weighted by atomic mass is 10.1. The van der Waals surface area contributed by atoms with E-state index >= 15 is 0 Å². The van der Waals surface area contributed by atoms with Gasteiger partial charge in [-0.3, -0.25) is 0 Å². The van der Waals surface area contributed by atoms with Gasteiger partial charge < -0.3 is 4.55 Å². The molecule has 0 spiro atoms. The second-order valence-corrected chi connectivity index (χ2v) is 11.5. The van der Waals surface area contributed by atoms with Crippen LogP contribution in [0.5, 0.6) is 0 Å². The fourth-order valence-electron chi connectivity index (χ4n) is 1.01. The average molecular weight is 436 g/mol. The maximum Gasteiger partial charge on any atom is 0.179 e. The molecule has 1 rings (SSSR count). The summed E-state index contributed by atoms with van der Waals surface area (Å²) in [6.07, 6.45) is 0.595. The molecule has 0 amide bonds. The summed E-state index contributed by atoms with van der Waals surface area (Å²) in [6, 6.07) is 8.01. The molecule has 0 bridgehead atoms. The van der Waals surface area contributed by atoms with Gasteiger partial charge in [-0.05, 0) is 57.7 Å². The van der Waals surface area contributed by atoms with Gasteiger partial charge in [0.15, 0.2) is 11.8 Å². The Bertz CT molecular complexity index is 335. The van der Waals surface area contributed by atoms with Crippen molar-refractivity contribution in [2.24, 2.45) is 0 Å². The molecule has 0 heterocycles. The molecule has 1 N–H and O–H groups in total. The maximum atomic E-state index is 11.0. The van der Waals surface area contributed by atoms with Crippen molar-refractivity contribution in [3.63, 3.8) is 0 Å². The van der Waals surface area contributed by atoms with Crippen molar-refractivity contribution in [2.75, 3.05) is 0 Å². The van der Waals surface area contributed by atoms with Crippen LogP contribution in [0.1, 0.15) is 11.1 Å². The van der Waals surface area contributed by atoms with E-state index in [0.29, 0.717) is 6.42 Å². The maximum absolute atomic E-state index is 11.0. The van der Waals surface area contributed by atoms with Gasteiger partial charge in [0.05, 0.1) is 0 Å². The molecule has 0 saturated heterocycles. The summed E-state index contributed by atoms with van der Waals surface area (Å²) in [6.45, 7) is 2.02. The average Bonchev–Trinajstić information content (AvgIpc) is 2.08. The number of halogens is 2. The standard InChI is InChI=1S/C9H10I2O2S/c1-7-2-4-8(5-3-7)6-9(10,11)14(12)13/h2-5H,6H2,1H3,(H,12,13). The minimum Gasteiger partial charge on any atom is -0.304 e. The monoisotopic (exact) mass is 436 g/mol. The molecule has 78 valence electrons. The molecule has 5 heteroatoms. The number of aryl methyl sites for hydroxylation is 1. The van der Waals surface area contributed by atoms with Gasteiger partial charge in [-0.25, -0.2) is 4.21 Å². The highest BCUT2D eigenvalue weighted by Crippen LogP contribution is 2.34. The van der Waals surface area contributed by atoms with Crippen LogP contribution in [0.4, 0.5) is 0 Å². The second kappa shape index (κ2) is 5.22. The molecule has 2 nitrogen and oxygen atoms in total. The van der Waals surface area contributed by atoms with Crippen LogP contribution in [0.15, 0.2) is 24.3 Å². The molecule has 0 fully saturated rings. The number of alkyl halides is 2. The smallest absolute Gasteiger partial charge is 0.179 e. The van der Waals surface area contributed by atoms with E-state index in [9.17, 15) is 4.21 Å². The van der Waals surface area contributed by atoms with Crippen LogP contribution >= 0.6 is 45.2 Å². The quantitative estimate of drug-likeness (QED) is 0.449. The lowest BCUT2D eigenvalue weighted by molar-refractivity contribution is 0.560. The van der Waals surface area contributed by atoms with E-state index in [1.165, 1.54) is 5.56 Å². The Hall–Kier alpha value is 0.790. The largest absolute Gasteiger partial charge is 0.304 e. The van der Waals surface area contributed by atoms with E-state index in [4.69, 9.17) is 4.55 Å². The van der Waals surface area contributed by atoms with E-state index in [1.54, 1.807) is 0 Å². The first-order valence-corrected chi connectivity index (χ1v) is 7.22. The molecule has 1 atom stereocenters. The van der Waals surface area contributed by atoms with Gasteiger partial charge >= 0.3 is 0 Å². The van der Waals surface area contributed by atoms with Crippen LogP contribution < -0.4 is 0 Å². The second-order valence-electron chi connectivity index (χ2n) is 3.05. The molecule has 1 aromatic rings. The SMILES string of the molecule is Cc1ccc(CC(I)(I)S(=O)O)cc1. The lowest BCUT2D eigenvalue weighted by Gasteiger charge is -2.15. The van der Waals surface area contributed by atoms with Crippen molar-refractivity contribution in [3.05, 3.63) is 35.4 Å². The van der Waals surface area contributed by atoms with Crippen molar-refractivity contribution < 1.29 is 8.76 Å². The van der Waals surface area contributed by atoms with Crippen LogP contribution in [-0.2, 0) is 17.5 Å². The first-order valence-electron chi connectivity index (χ1n) is 3.96. The first kappa shape index (κ1) is 12.9. The molecule has 0 aliphatic heterocycles. The van der Waals surface area contributed by atoms with Gasteiger partial charge in [0.2, 0.25) is 0 Å². The highest BCUT2D eigenvalue weighted by Gasteiger charge is 2.29. The number of hydrogen-bond acceptors (Lipinski definition) is 1. The summed E-state index contributed by atoms with van der Waals surface area (Å²) < 4.78 is 19.4. The van der Waals surface area contributed by atoms with Crippen LogP contribution in [-0.4, -0.2) is 9.52 Å². The van der Waals surface area contributed by atoms with Crippen molar-refractivity contribution in [3.8, 4) is 0 Å².